The number of nitrogens with one attached hydrogen (secondary N) is 1. The van der Waals surface area contributed by atoms with Gasteiger partial charge in [-0.25, -0.2) is 0 Å². The Morgan fingerprint density at radius 2 is 2.31 bits per heavy atom. The van der Waals surface area contributed by atoms with Crippen LogP contribution in [-0.2, 0) is 6.54 Å². The number of thiophene rings is 1. The molecule has 1 rings (SSSR count). The van der Waals surface area contributed by atoms with E-state index in [4.69, 9.17) is 0 Å². The van der Waals surface area contributed by atoms with Crippen molar-refractivity contribution in [1.29, 1.82) is 0 Å². The van der Waals surface area contributed by atoms with E-state index in [2.05, 4.69) is 5.32 Å². The van der Waals surface area contributed by atoms with Crippen LogP contribution in [0.1, 0.15) is 25.1 Å². The van der Waals surface area contributed by atoms with E-state index >= 15 is 0 Å². The molecule has 0 spiro atoms. The molecule has 0 saturated heterocycles. The molecule has 1 unspecified atom stereocenters. The Morgan fingerprint density at radius 3 is 2.75 bits per heavy atom. The van der Waals surface area contributed by atoms with Gasteiger partial charge >= 0.3 is 5.00 Å². The van der Waals surface area contributed by atoms with Crippen LogP contribution in [0.4, 0.5) is 5.00 Å². The minimum atomic E-state index is -0.390. The van der Waals surface area contributed by atoms with Gasteiger partial charge in [0.25, 0.3) is 0 Å². The second-order valence-electron chi connectivity index (χ2n) is 3.92. The summed E-state index contributed by atoms with van der Waals surface area (Å²) in [4.78, 5) is 11.0. The van der Waals surface area contributed by atoms with Crippen LogP contribution in [0.15, 0.2) is 12.1 Å². The lowest BCUT2D eigenvalue weighted by atomic mass is 10.0. The molecule has 0 bridgehead atoms. The molecule has 6 heteroatoms. The van der Waals surface area contributed by atoms with Gasteiger partial charge in [0.1, 0.15) is 0 Å². The van der Waals surface area contributed by atoms with Gasteiger partial charge in [-0.3, -0.25) is 10.1 Å². The van der Waals surface area contributed by atoms with Crippen molar-refractivity contribution in [3.63, 3.8) is 0 Å². The smallest absolute Gasteiger partial charge is 0.324 e. The van der Waals surface area contributed by atoms with Gasteiger partial charge in [0, 0.05) is 23.0 Å². The first-order chi connectivity index (χ1) is 7.50. The number of nitrogens with zero attached hydrogens (tertiary/aromatic N) is 1. The van der Waals surface area contributed by atoms with Gasteiger partial charge in [0.15, 0.2) is 0 Å². The second kappa shape index (κ2) is 5.38. The van der Waals surface area contributed by atoms with E-state index in [0.29, 0.717) is 6.54 Å². The molecule has 1 aromatic heterocycles. The van der Waals surface area contributed by atoms with Gasteiger partial charge in [-0.1, -0.05) is 18.3 Å². The van der Waals surface area contributed by atoms with Crippen molar-refractivity contribution in [2.75, 3.05) is 6.61 Å². The Bertz CT molecular complexity index is 361. The maximum atomic E-state index is 10.5. The fraction of sp³-hybridized carbons (Fsp3) is 0.600. The van der Waals surface area contributed by atoms with E-state index in [0.717, 1.165) is 22.6 Å². The van der Waals surface area contributed by atoms with Crippen LogP contribution in [0.5, 0.6) is 0 Å². The lowest BCUT2D eigenvalue weighted by Crippen LogP contribution is -2.44. The number of hydrogen-bond acceptors (Lipinski definition) is 5. The second-order valence-corrected chi connectivity index (χ2v) is 5.07. The highest BCUT2D eigenvalue weighted by atomic mass is 32.1. The summed E-state index contributed by atoms with van der Waals surface area (Å²) in [6.07, 6.45) is 0.803. The number of aliphatic hydroxyl groups excluding tert-OH is 1. The third kappa shape index (κ3) is 3.26. The molecule has 16 heavy (non-hydrogen) atoms. The normalized spacial score (nSPS) is 14.7. The minimum absolute atomic E-state index is 0.0525. The Hall–Kier alpha value is -0.980. The first-order valence-corrected chi connectivity index (χ1v) is 5.91. The van der Waals surface area contributed by atoms with Crippen molar-refractivity contribution in [3.8, 4) is 0 Å². The van der Waals surface area contributed by atoms with E-state index in [1.165, 1.54) is 6.07 Å². The molecule has 1 aromatic rings. The zero-order valence-electron chi connectivity index (χ0n) is 9.40. The minimum Gasteiger partial charge on any atom is -0.394 e. The van der Waals surface area contributed by atoms with Crippen molar-refractivity contribution in [1.82, 2.24) is 5.32 Å². The third-order valence-corrected chi connectivity index (χ3v) is 3.68. The van der Waals surface area contributed by atoms with Gasteiger partial charge in [0.2, 0.25) is 0 Å². The van der Waals surface area contributed by atoms with Gasteiger partial charge in [-0.2, -0.15) is 0 Å². The highest BCUT2D eigenvalue weighted by molar-refractivity contribution is 7.15. The fourth-order valence-corrected chi connectivity index (χ4v) is 1.91. The number of nitro groups is 1. The summed E-state index contributed by atoms with van der Waals surface area (Å²) in [6.45, 7) is 4.51. The standard InChI is InChI=1S/C10H16N2O3S/c1-3-10(2,7-13)11-6-8-4-5-9(16-8)12(14)15/h4-5,11,13H,3,6-7H2,1-2H3. The molecule has 0 aliphatic carbocycles. The van der Waals surface area contributed by atoms with Gasteiger partial charge < -0.3 is 10.4 Å². The Labute approximate surface area is 98.3 Å². The summed E-state index contributed by atoms with van der Waals surface area (Å²) in [7, 11) is 0. The molecule has 5 nitrogen and oxygen atoms in total. The molecule has 1 atom stereocenters. The molecular weight excluding hydrogens is 228 g/mol. The summed E-state index contributed by atoms with van der Waals surface area (Å²) < 4.78 is 0. The molecule has 0 aliphatic rings. The molecule has 0 aromatic carbocycles. The van der Waals surface area contributed by atoms with Crippen molar-refractivity contribution in [3.05, 3.63) is 27.1 Å². The maximum Gasteiger partial charge on any atom is 0.324 e. The predicted octanol–water partition coefficient (Wildman–Crippen LogP) is 1.91. The molecule has 90 valence electrons. The highest BCUT2D eigenvalue weighted by Gasteiger charge is 2.20. The maximum absolute atomic E-state index is 10.5. The van der Waals surface area contributed by atoms with E-state index in [1.54, 1.807) is 6.07 Å². The fourth-order valence-electron chi connectivity index (χ4n) is 1.15. The molecule has 0 aliphatic heterocycles. The first-order valence-electron chi connectivity index (χ1n) is 5.10. The topological polar surface area (TPSA) is 75.4 Å². The Kier molecular flexibility index (Phi) is 4.40. The largest absolute Gasteiger partial charge is 0.394 e. The number of rotatable bonds is 6. The van der Waals surface area contributed by atoms with E-state index in [1.807, 2.05) is 13.8 Å². The van der Waals surface area contributed by atoms with E-state index in [-0.39, 0.29) is 22.1 Å². The quantitative estimate of drug-likeness (QED) is 0.592. The zero-order chi connectivity index (χ0) is 12.2. The summed E-state index contributed by atoms with van der Waals surface area (Å²) in [6, 6.07) is 3.24. The highest BCUT2D eigenvalue weighted by Crippen LogP contribution is 2.24. The molecule has 0 radical (unpaired) electrons. The summed E-state index contributed by atoms with van der Waals surface area (Å²) in [5.41, 5.74) is -0.321. The molecule has 2 N–H and O–H groups in total. The Morgan fingerprint density at radius 1 is 1.62 bits per heavy atom. The van der Waals surface area contributed by atoms with Crippen molar-refractivity contribution in [2.24, 2.45) is 0 Å². The summed E-state index contributed by atoms with van der Waals surface area (Å²) in [5, 5.41) is 23.0. The van der Waals surface area contributed by atoms with Gasteiger partial charge in [-0.15, -0.1) is 0 Å². The lowest BCUT2D eigenvalue weighted by molar-refractivity contribution is -0.380. The average molecular weight is 244 g/mol. The van der Waals surface area contributed by atoms with Gasteiger partial charge in [0.05, 0.1) is 11.5 Å². The zero-order valence-corrected chi connectivity index (χ0v) is 10.2. The van der Waals surface area contributed by atoms with Crippen LogP contribution in [0.25, 0.3) is 0 Å². The van der Waals surface area contributed by atoms with Crippen molar-refractivity contribution >= 4 is 16.3 Å². The number of aliphatic hydroxyl groups is 1. The van der Waals surface area contributed by atoms with Crippen LogP contribution in [0, 0.1) is 10.1 Å². The van der Waals surface area contributed by atoms with Crippen LogP contribution in [0.3, 0.4) is 0 Å². The van der Waals surface area contributed by atoms with E-state index < -0.39 is 0 Å². The molecular formula is C10H16N2O3S. The summed E-state index contributed by atoms with van der Waals surface area (Å²) in [5.74, 6) is 0. The molecule has 1 heterocycles. The van der Waals surface area contributed by atoms with Gasteiger partial charge in [-0.05, 0) is 19.4 Å². The lowest BCUT2D eigenvalue weighted by Gasteiger charge is -2.26. The van der Waals surface area contributed by atoms with Crippen LogP contribution < -0.4 is 5.32 Å². The monoisotopic (exact) mass is 244 g/mol. The third-order valence-electron chi connectivity index (χ3n) is 2.65. The summed E-state index contributed by atoms with van der Waals surface area (Å²) >= 11 is 1.16. The number of hydrogen-bond donors (Lipinski definition) is 2. The Balaban J connectivity index is 2.57. The van der Waals surface area contributed by atoms with Crippen LogP contribution in [-0.4, -0.2) is 22.2 Å². The van der Waals surface area contributed by atoms with E-state index in [9.17, 15) is 15.2 Å². The SMILES string of the molecule is CCC(C)(CO)NCc1ccc([N+](=O)[O-])s1. The van der Waals surface area contributed by atoms with Crippen LogP contribution >= 0.6 is 11.3 Å². The molecule has 0 fully saturated rings. The first kappa shape index (κ1) is 13.1. The average Bonchev–Trinajstić information content (AvgIpc) is 2.75. The molecule has 0 amide bonds. The van der Waals surface area contributed by atoms with Crippen LogP contribution in [0.2, 0.25) is 0 Å². The predicted molar refractivity (Wildman–Crippen MR) is 63.6 cm³/mol. The molecule has 0 saturated carbocycles. The van der Waals surface area contributed by atoms with Crippen molar-refractivity contribution < 1.29 is 10.0 Å². The van der Waals surface area contributed by atoms with Crippen molar-refractivity contribution in [2.45, 2.75) is 32.4 Å².